The molecule has 2 heterocycles. The molecule has 0 N–H and O–H groups in total. The molecule has 5 heteroatoms. The summed E-state index contributed by atoms with van der Waals surface area (Å²) in [5.74, 6) is 0. The molecule has 16 heavy (non-hydrogen) atoms. The maximum absolute atomic E-state index is 4.96. The van der Waals surface area contributed by atoms with Crippen molar-refractivity contribution in [2.24, 2.45) is 0 Å². The predicted octanol–water partition coefficient (Wildman–Crippen LogP) is 3.58. The summed E-state index contributed by atoms with van der Waals surface area (Å²) >= 11 is 3.27. The van der Waals surface area contributed by atoms with Crippen LogP contribution >= 0.6 is 23.3 Å². The molecule has 3 nitrogen and oxygen atoms in total. The molecular formula is C11H8N2OS2. The molecule has 0 aliphatic carbocycles. The number of para-hydroxylation sites is 1. The molecule has 1 aliphatic rings. The fourth-order valence-corrected chi connectivity index (χ4v) is 3.24. The molecule has 1 aliphatic heterocycles. The van der Waals surface area contributed by atoms with Crippen LogP contribution in [0.15, 0.2) is 53.5 Å². The minimum Gasteiger partial charge on any atom is -0.470 e. The van der Waals surface area contributed by atoms with E-state index in [4.69, 9.17) is 4.74 Å². The zero-order chi connectivity index (χ0) is 10.8. The summed E-state index contributed by atoms with van der Waals surface area (Å²) in [5.41, 5.74) is 1.05. The summed E-state index contributed by atoms with van der Waals surface area (Å²) in [5, 5.41) is 0. The lowest BCUT2D eigenvalue weighted by Gasteiger charge is -2.13. The van der Waals surface area contributed by atoms with E-state index in [1.807, 2.05) is 34.9 Å². The van der Waals surface area contributed by atoms with E-state index < -0.39 is 0 Å². The Bertz CT molecular complexity index is 517. The second-order valence-electron chi connectivity index (χ2n) is 3.11. The second-order valence-corrected chi connectivity index (χ2v) is 5.39. The highest BCUT2D eigenvalue weighted by Gasteiger charge is 2.07. The smallest absolute Gasteiger partial charge is 0.172 e. The lowest BCUT2D eigenvalue weighted by atomic mass is 10.3. The third kappa shape index (κ3) is 1.91. The number of ether oxygens (including phenoxy) is 1. The molecule has 0 saturated carbocycles. The Hall–Kier alpha value is -1.46. The number of hydrogen-bond donors (Lipinski definition) is 0. The molecular weight excluding hydrogens is 240 g/mol. The summed E-state index contributed by atoms with van der Waals surface area (Å²) in [6, 6.07) is 8.15. The van der Waals surface area contributed by atoms with E-state index in [9.17, 15) is 0 Å². The van der Waals surface area contributed by atoms with Gasteiger partial charge in [-0.15, -0.1) is 11.3 Å². The summed E-state index contributed by atoms with van der Waals surface area (Å²) in [6.07, 6.45) is 6.99. The first kappa shape index (κ1) is 9.74. The first-order valence-corrected chi connectivity index (χ1v) is 6.31. The highest BCUT2D eigenvalue weighted by Crippen LogP contribution is 2.32. The average molecular weight is 248 g/mol. The van der Waals surface area contributed by atoms with E-state index in [-0.39, 0.29) is 0 Å². The van der Waals surface area contributed by atoms with Crippen molar-refractivity contribution in [2.75, 3.05) is 0 Å². The zero-order valence-electron chi connectivity index (χ0n) is 8.24. The zero-order valence-corrected chi connectivity index (χ0v) is 9.87. The Morgan fingerprint density at radius 3 is 2.81 bits per heavy atom. The van der Waals surface area contributed by atoms with Gasteiger partial charge in [-0.05, 0) is 12.1 Å². The maximum Gasteiger partial charge on any atom is 0.172 e. The van der Waals surface area contributed by atoms with Crippen molar-refractivity contribution in [1.82, 2.24) is 9.29 Å². The van der Waals surface area contributed by atoms with Crippen molar-refractivity contribution in [2.45, 2.75) is 4.34 Å². The van der Waals surface area contributed by atoms with Crippen LogP contribution in [-0.2, 0) is 4.74 Å². The van der Waals surface area contributed by atoms with Crippen molar-refractivity contribution >= 4 is 33.5 Å². The Morgan fingerprint density at radius 2 is 2.00 bits per heavy atom. The van der Waals surface area contributed by atoms with Crippen LogP contribution in [0.25, 0.3) is 10.2 Å². The van der Waals surface area contributed by atoms with Gasteiger partial charge in [0.05, 0.1) is 22.6 Å². The third-order valence-corrected chi connectivity index (χ3v) is 4.04. The van der Waals surface area contributed by atoms with Crippen LogP contribution < -0.4 is 0 Å². The monoisotopic (exact) mass is 248 g/mol. The fraction of sp³-hybridized carbons (Fsp3) is 0. The molecule has 0 radical (unpaired) electrons. The Morgan fingerprint density at radius 1 is 1.19 bits per heavy atom. The number of fused-ring (bicyclic) bond motifs is 1. The molecule has 0 spiro atoms. The van der Waals surface area contributed by atoms with Crippen molar-refractivity contribution in [1.29, 1.82) is 0 Å². The molecule has 0 amide bonds. The topological polar surface area (TPSA) is 25.4 Å². The van der Waals surface area contributed by atoms with E-state index in [2.05, 4.69) is 11.1 Å². The van der Waals surface area contributed by atoms with E-state index in [1.165, 1.54) is 4.70 Å². The molecule has 1 aromatic heterocycles. The molecule has 0 fully saturated rings. The van der Waals surface area contributed by atoms with Crippen LogP contribution in [0, 0.1) is 0 Å². The van der Waals surface area contributed by atoms with Crippen LogP contribution in [-0.4, -0.2) is 9.29 Å². The minimum absolute atomic E-state index is 1.03. The Kier molecular flexibility index (Phi) is 2.55. The lowest BCUT2D eigenvalue weighted by molar-refractivity contribution is 0.378. The first-order chi connectivity index (χ1) is 7.92. The van der Waals surface area contributed by atoms with Crippen LogP contribution in [0.4, 0.5) is 0 Å². The van der Waals surface area contributed by atoms with E-state index >= 15 is 0 Å². The average Bonchev–Trinajstić information content (AvgIpc) is 2.72. The SMILES string of the molecule is C1=CN(Sc2nc3ccccc3s2)C=CO1. The van der Waals surface area contributed by atoms with Crippen LogP contribution in [0.3, 0.4) is 0 Å². The van der Waals surface area contributed by atoms with Crippen molar-refractivity contribution in [3.05, 3.63) is 49.2 Å². The van der Waals surface area contributed by atoms with Crippen LogP contribution in [0.5, 0.6) is 0 Å². The van der Waals surface area contributed by atoms with Gasteiger partial charge in [-0.25, -0.2) is 4.98 Å². The minimum atomic E-state index is 1.03. The molecule has 3 rings (SSSR count). The first-order valence-electron chi connectivity index (χ1n) is 4.72. The van der Waals surface area contributed by atoms with Gasteiger partial charge in [0.25, 0.3) is 0 Å². The summed E-state index contributed by atoms with van der Waals surface area (Å²) in [4.78, 5) is 4.54. The van der Waals surface area contributed by atoms with E-state index in [0.29, 0.717) is 0 Å². The van der Waals surface area contributed by atoms with Gasteiger partial charge in [0.2, 0.25) is 0 Å². The van der Waals surface area contributed by atoms with Gasteiger partial charge in [-0.1, -0.05) is 12.1 Å². The standard InChI is InChI=1S/C11H8N2OS2/c1-2-4-10-9(3-1)12-11(15-10)16-13-5-7-14-8-6-13/h1-8H. The second kappa shape index (κ2) is 4.19. The number of rotatable bonds is 2. The molecule has 0 saturated heterocycles. The van der Waals surface area contributed by atoms with Gasteiger partial charge >= 0.3 is 0 Å². The third-order valence-electron chi connectivity index (χ3n) is 2.03. The summed E-state index contributed by atoms with van der Waals surface area (Å²) < 4.78 is 9.16. The predicted molar refractivity (Wildman–Crippen MR) is 66.7 cm³/mol. The quantitative estimate of drug-likeness (QED) is 0.759. The largest absolute Gasteiger partial charge is 0.470 e. The van der Waals surface area contributed by atoms with Gasteiger partial charge in [-0.3, -0.25) is 4.31 Å². The molecule has 0 unspecified atom stereocenters. The molecule has 80 valence electrons. The highest BCUT2D eigenvalue weighted by atomic mass is 32.2. The lowest BCUT2D eigenvalue weighted by Crippen LogP contribution is -2.00. The summed E-state index contributed by atoms with van der Waals surface area (Å²) in [7, 11) is 0. The van der Waals surface area contributed by atoms with Gasteiger partial charge in [-0.2, -0.15) is 0 Å². The van der Waals surface area contributed by atoms with Crippen molar-refractivity contribution < 1.29 is 4.74 Å². The Labute approximate surface area is 101 Å². The summed E-state index contributed by atoms with van der Waals surface area (Å²) in [6.45, 7) is 0. The van der Waals surface area contributed by atoms with Gasteiger partial charge in [0, 0.05) is 11.9 Å². The fourth-order valence-electron chi connectivity index (χ4n) is 1.33. The molecule has 1 aromatic carbocycles. The van der Waals surface area contributed by atoms with Gasteiger partial charge in [0.1, 0.15) is 12.5 Å². The van der Waals surface area contributed by atoms with Crippen molar-refractivity contribution in [3.63, 3.8) is 0 Å². The highest BCUT2D eigenvalue weighted by molar-refractivity contribution is 7.99. The molecule has 0 bridgehead atoms. The van der Waals surface area contributed by atoms with E-state index in [0.717, 1.165) is 9.86 Å². The van der Waals surface area contributed by atoms with Crippen molar-refractivity contribution in [3.8, 4) is 0 Å². The molecule has 0 atom stereocenters. The Balaban J connectivity index is 1.86. The molecule has 2 aromatic rings. The normalized spacial score (nSPS) is 14.4. The van der Waals surface area contributed by atoms with Gasteiger partial charge in [0.15, 0.2) is 4.34 Å². The number of benzene rings is 1. The van der Waals surface area contributed by atoms with Crippen LogP contribution in [0.2, 0.25) is 0 Å². The number of aromatic nitrogens is 1. The maximum atomic E-state index is 4.96. The van der Waals surface area contributed by atoms with Crippen LogP contribution in [0.1, 0.15) is 0 Å². The number of thiazole rings is 1. The number of nitrogens with zero attached hydrogens (tertiary/aromatic N) is 2. The van der Waals surface area contributed by atoms with E-state index in [1.54, 1.807) is 35.8 Å². The number of hydrogen-bond acceptors (Lipinski definition) is 5. The van der Waals surface area contributed by atoms with Gasteiger partial charge < -0.3 is 4.74 Å².